The second-order valence-electron chi connectivity index (χ2n) is 2.68. The Morgan fingerprint density at radius 1 is 0.938 bits per heavy atom. The molecule has 0 fully saturated rings. The maximum atomic E-state index is 5.17. The maximum absolute atomic E-state index is 5.17. The summed E-state index contributed by atoms with van der Waals surface area (Å²) in [4.78, 5) is 12.3. The van der Waals surface area contributed by atoms with E-state index in [1.165, 1.54) is 12.4 Å². The van der Waals surface area contributed by atoms with Crippen LogP contribution in [0.3, 0.4) is 0 Å². The average molecular weight is 215 g/mol. The molecule has 1 heterocycles. The molecule has 82 valence electrons. The van der Waals surface area contributed by atoms with E-state index >= 15 is 0 Å². The van der Waals surface area contributed by atoms with Gasteiger partial charge in [0.1, 0.15) is 0 Å². The predicted octanol–water partition coefficient (Wildman–Crippen LogP) is 1.43. The quantitative estimate of drug-likeness (QED) is 0.744. The Labute approximate surface area is 93.9 Å². The molecule has 0 saturated heterocycles. The van der Waals surface area contributed by atoms with Crippen molar-refractivity contribution in [1.82, 2.24) is 4.98 Å². The minimum absolute atomic E-state index is 0.574. The van der Waals surface area contributed by atoms with Gasteiger partial charge in [-0.1, -0.05) is 6.07 Å². The van der Waals surface area contributed by atoms with Crippen LogP contribution in [0.15, 0.2) is 52.7 Å². The molecule has 5 nitrogen and oxygen atoms in total. The third-order valence-electron chi connectivity index (χ3n) is 1.53. The third kappa shape index (κ3) is 4.19. The zero-order valence-electron chi connectivity index (χ0n) is 8.69. The lowest BCUT2D eigenvalue weighted by Crippen LogP contribution is -1.79. The number of nitrogens with zero attached hydrogens (tertiary/aromatic N) is 3. The van der Waals surface area contributed by atoms with Gasteiger partial charge in [-0.2, -0.15) is 0 Å². The van der Waals surface area contributed by atoms with E-state index in [0.29, 0.717) is 11.6 Å². The first-order chi connectivity index (χ1) is 7.86. The molecule has 1 aromatic heterocycles. The minimum atomic E-state index is 0.574. The van der Waals surface area contributed by atoms with Gasteiger partial charge in [-0.05, 0) is 36.7 Å². The van der Waals surface area contributed by atoms with E-state index in [0.717, 1.165) is 0 Å². The molecule has 0 aliphatic carbocycles. The van der Waals surface area contributed by atoms with Crippen LogP contribution in [0.5, 0.6) is 0 Å². The molecule has 0 spiro atoms. The zero-order chi connectivity index (χ0) is 11.6. The highest BCUT2D eigenvalue weighted by atomic mass is 15.0. The van der Waals surface area contributed by atoms with E-state index in [1.54, 1.807) is 36.7 Å². The standard InChI is InChI=1S/C11H13N5/c12-6-2-8-14-10-4-1-5-11(16-10)15-9-3-7-13/h1-9H,12-13H2. The highest BCUT2D eigenvalue weighted by Crippen LogP contribution is 2.13. The number of rotatable bonds is 4. The summed E-state index contributed by atoms with van der Waals surface area (Å²) in [5.74, 6) is 1.15. The third-order valence-corrected chi connectivity index (χ3v) is 1.53. The Morgan fingerprint density at radius 3 is 1.88 bits per heavy atom. The fourth-order valence-electron chi connectivity index (χ4n) is 0.894. The summed E-state index contributed by atoms with van der Waals surface area (Å²) < 4.78 is 0. The highest BCUT2D eigenvalue weighted by Gasteiger charge is 1.91. The van der Waals surface area contributed by atoms with Crippen LogP contribution in [0, 0.1) is 0 Å². The molecule has 16 heavy (non-hydrogen) atoms. The Balaban J connectivity index is 2.78. The highest BCUT2D eigenvalue weighted by molar-refractivity contribution is 5.75. The SMILES string of the molecule is NC=CC=Nc1cccc(N=CC=CN)n1. The molecule has 0 radical (unpaired) electrons. The van der Waals surface area contributed by atoms with Gasteiger partial charge in [0.2, 0.25) is 0 Å². The second kappa shape index (κ2) is 6.94. The maximum Gasteiger partial charge on any atom is 0.154 e. The van der Waals surface area contributed by atoms with Crippen LogP contribution < -0.4 is 11.5 Å². The van der Waals surface area contributed by atoms with Gasteiger partial charge in [0.05, 0.1) is 0 Å². The van der Waals surface area contributed by atoms with Crippen LogP contribution in [0.1, 0.15) is 0 Å². The van der Waals surface area contributed by atoms with Crippen molar-refractivity contribution < 1.29 is 0 Å². The van der Waals surface area contributed by atoms with Crippen molar-refractivity contribution in [3.8, 4) is 0 Å². The Hall–Kier alpha value is -2.43. The molecular weight excluding hydrogens is 202 g/mol. The lowest BCUT2D eigenvalue weighted by atomic mass is 10.4. The first-order valence-corrected chi connectivity index (χ1v) is 4.65. The van der Waals surface area contributed by atoms with Crippen LogP contribution in [0.25, 0.3) is 0 Å². The number of nitrogens with two attached hydrogens (primary N) is 2. The molecule has 0 aromatic carbocycles. The summed E-state index contributed by atoms with van der Waals surface area (Å²) in [6.45, 7) is 0. The average Bonchev–Trinajstić information content (AvgIpc) is 2.30. The van der Waals surface area contributed by atoms with Gasteiger partial charge in [-0.15, -0.1) is 0 Å². The minimum Gasteiger partial charge on any atom is -0.405 e. The van der Waals surface area contributed by atoms with E-state index in [1.807, 2.05) is 6.07 Å². The molecule has 5 heteroatoms. The van der Waals surface area contributed by atoms with Gasteiger partial charge in [0, 0.05) is 12.4 Å². The van der Waals surface area contributed by atoms with E-state index in [9.17, 15) is 0 Å². The summed E-state index contributed by atoms with van der Waals surface area (Å²) in [5, 5.41) is 0. The Bertz CT molecular complexity index is 395. The first kappa shape index (κ1) is 11.6. The number of aliphatic imine (C=N–C) groups is 2. The van der Waals surface area contributed by atoms with E-state index in [-0.39, 0.29) is 0 Å². The largest absolute Gasteiger partial charge is 0.405 e. The summed E-state index contributed by atoms with van der Waals surface area (Å²) in [6.07, 6.45) is 9.17. The first-order valence-electron chi connectivity index (χ1n) is 4.65. The van der Waals surface area contributed by atoms with Gasteiger partial charge in [-0.25, -0.2) is 15.0 Å². The van der Waals surface area contributed by atoms with Crippen LogP contribution in [0.4, 0.5) is 11.6 Å². The fourth-order valence-corrected chi connectivity index (χ4v) is 0.894. The van der Waals surface area contributed by atoms with Gasteiger partial charge in [-0.3, -0.25) is 0 Å². The van der Waals surface area contributed by atoms with Crippen LogP contribution in [-0.4, -0.2) is 17.4 Å². The van der Waals surface area contributed by atoms with Crippen molar-refractivity contribution in [2.75, 3.05) is 0 Å². The van der Waals surface area contributed by atoms with Gasteiger partial charge >= 0.3 is 0 Å². The van der Waals surface area contributed by atoms with E-state index in [2.05, 4.69) is 15.0 Å². The summed E-state index contributed by atoms with van der Waals surface area (Å²) in [7, 11) is 0. The van der Waals surface area contributed by atoms with E-state index in [4.69, 9.17) is 11.5 Å². The molecule has 4 N–H and O–H groups in total. The second-order valence-corrected chi connectivity index (χ2v) is 2.68. The zero-order valence-corrected chi connectivity index (χ0v) is 8.69. The molecule has 0 bridgehead atoms. The summed E-state index contributed by atoms with van der Waals surface area (Å²) in [5.41, 5.74) is 10.3. The molecular formula is C11H13N5. The Morgan fingerprint density at radius 2 is 1.44 bits per heavy atom. The lowest BCUT2D eigenvalue weighted by Gasteiger charge is -1.93. The van der Waals surface area contributed by atoms with Crippen molar-refractivity contribution in [1.29, 1.82) is 0 Å². The fraction of sp³-hybridized carbons (Fsp3) is 0. The molecule has 1 aromatic rings. The van der Waals surface area contributed by atoms with Crippen molar-refractivity contribution >= 4 is 24.1 Å². The number of hydrogen-bond donors (Lipinski definition) is 2. The number of allylic oxidation sites excluding steroid dienone is 2. The van der Waals surface area contributed by atoms with Crippen molar-refractivity contribution in [3.63, 3.8) is 0 Å². The summed E-state index contributed by atoms with van der Waals surface area (Å²) >= 11 is 0. The van der Waals surface area contributed by atoms with Crippen molar-refractivity contribution in [3.05, 3.63) is 42.8 Å². The molecule has 0 aliphatic rings. The summed E-state index contributed by atoms with van der Waals surface area (Å²) in [6, 6.07) is 5.38. The van der Waals surface area contributed by atoms with Gasteiger partial charge < -0.3 is 11.5 Å². The van der Waals surface area contributed by atoms with Crippen molar-refractivity contribution in [2.24, 2.45) is 21.5 Å². The lowest BCUT2D eigenvalue weighted by molar-refractivity contribution is 1.25. The van der Waals surface area contributed by atoms with Crippen LogP contribution in [0.2, 0.25) is 0 Å². The van der Waals surface area contributed by atoms with Crippen molar-refractivity contribution in [2.45, 2.75) is 0 Å². The van der Waals surface area contributed by atoms with Crippen LogP contribution in [-0.2, 0) is 0 Å². The predicted molar refractivity (Wildman–Crippen MR) is 67.2 cm³/mol. The molecule has 0 atom stereocenters. The molecule has 1 rings (SSSR count). The molecule has 0 aliphatic heterocycles. The monoisotopic (exact) mass is 215 g/mol. The Kier molecular flexibility index (Phi) is 5.05. The molecule has 0 unspecified atom stereocenters. The number of hydrogen-bond acceptors (Lipinski definition) is 5. The normalized spacial score (nSPS) is 12.5. The molecule has 0 saturated carbocycles. The van der Waals surface area contributed by atoms with Crippen LogP contribution >= 0.6 is 0 Å². The topological polar surface area (TPSA) is 89.6 Å². The smallest absolute Gasteiger partial charge is 0.154 e. The number of aromatic nitrogens is 1. The number of pyridine rings is 1. The van der Waals surface area contributed by atoms with E-state index < -0.39 is 0 Å². The molecule has 0 amide bonds. The van der Waals surface area contributed by atoms with Gasteiger partial charge in [0.15, 0.2) is 11.6 Å². The van der Waals surface area contributed by atoms with Gasteiger partial charge in [0.25, 0.3) is 0 Å².